The van der Waals surface area contributed by atoms with E-state index in [1.807, 2.05) is 24.3 Å². The number of aromatic hydroxyl groups is 1. The van der Waals surface area contributed by atoms with E-state index in [2.05, 4.69) is 5.32 Å². The van der Waals surface area contributed by atoms with Crippen LogP contribution < -0.4 is 19.5 Å². The third kappa shape index (κ3) is 3.62. The summed E-state index contributed by atoms with van der Waals surface area (Å²) in [5.74, 6) is 1.66. The number of ether oxygens (including phenoxy) is 3. The minimum atomic E-state index is 0.0125. The van der Waals surface area contributed by atoms with Gasteiger partial charge in [-0.3, -0.25) is 0 Å². The first-order valence-electron chi connectivity index (χ1n) is 6.96. The van der Waals surface area contributed by atoms with E-state index in [9.17, 15) is 5.11 Å². The Labute approximate surface area is 130 Å². The molecule has 2 aromatic rings. The van der Waals surface area contributed by atoms with Gasteiger partial charge in [0.25, 0.3) is 0 Å². The maximum atomic E-state index is 9.90. The predicted octanol–water partition coefficient (Wildman–Crippen LogP) is 2.71. The van der Waals surface area contributed by atoms with Gasteiger partial charge in [0.2, 0.25) is 5.75 Å². The highest BCUT2D eigenvalue weighted by molar-refractivity contribution is 5.52. The Hall–Kier alpha value is -2.40. The first-order valence-corrected chi connectivity index (χ1v) is 6.96. The minimum Gasteiger partial charge on any atom is -0.502 e. The van der Waals surface area contributed by atoms with Crippen molar-refractivity contribution in [2.45, 2.75) is 13.1 Å². The number of methoxy groups -OCH3 is 3. The van der Waals surface area contributed by atoms with Crippen molar-refractivity contribution in [3.8, 4) is 23.0 Å². The lowest BCUT2D eigenvalue weighted by atomic mass is 10.1. The molecule has 0 fully saturated rings. The molecule has 0 unspecified atom stereocenters. The summed E-state index contributed by atoms with van der Waals surface area (Å²) in [5, 5.41) is 13.2. The Morgan fingerprint density at radius 2 is 1.45 bits per heavy atom. The minimum absolute atomic E-state index is 0.0125. The lowest BCUT2D eigenvalue weighted by Gasteiger charge is -2.13. The number of hydrogen-bond donors (Lipinski definition) is 2. The third-order valence-corrected chi connectivity index (χ3v) is 3.38. The van der Waals surface area contributed by atoms with Crippen LogP contribution in [0.3, 0.4) is 0 Å². The monoisotopic (exact) mass is 303 g/mol. The Balaban J connectivity index is 2.05. The Kier molecular flexibility index (Phi) is 5.49. The molecular weight excluding hydrogens is 282 g/mol. The fourth-order valence-electron chi connectivity index (χ4n) is 2.24. The topological polar surface area (TPSA) is 60.0 Å². The van der Waals surface area contributed by atoms with E-state index in [-0.39, 0.29) is 5.75 Å². The summed E-state index contributed by atoms with van der Waals surface area (Å²) < 4.78 is 15.6. The van der Waals surface area contributed by atoms with E-state index >= 15 is 0 Å². The summed E-state index contributed by atoms with van der Waals surface area (Å²) >= 11 is 0. The molecular formula is C17H21NO4. The van der Waals surface area contributed by atoms with Gasteiger partial charge in [-0.05, 0) is 23.8 Å². The van der Waals surface area contributed by atoms with Crippen molar-refractivity contribution in [1.29, 1.82) is 0 Å². The summed E-state index contributed by atoms with van der Waals surface area (Å²) in [7, 11) is 4.69. The lowest BCUT2D eigenvalue weighted by molar-refractivity contribution is 0.339. The molecule has 0 aliphatic rings. The fourth-order valence-corrected chi connectivity index (χ4v) is 2.24. The molecule has 118 valence electrons. The van der Waals surface area contributed by atoms with Crippen molar-refractivity contribution in [3.63, 3.8) is 0 Å². The molecule has 22 heavy (non-hydrogen) atoms. The molecule has 0 saturated carbocycles. The van der Waals surface area contributed by atoms with E-state index in [0.717, 1.165) is 16.9 Å². The molecule has 2 N–H and O–H groups in total. The maximum Gasteiger partial charge on any atom is 0.200 e. The van der Waals surface area contributed by atoms with Crippen molar-refractivity contribution < 1.29 is 19.3 Å². The quantitative estimate of drug-likeness (QED) is 0.823. The van der Waals surface area contributed by atoms with E-state index in [4.69, 9.17) is 14.2 Å². The largest absolute Gasteiger partial charge is 0.502 e. The van der Waals surface area contributed by atoms with Crippen LogP contribution in [-0.4, -0.2) is 26.4 Å². The first kappa shape index (κ1) is 16.0. The average molecular weight is 303 g/mol. The molecule has 2 aromatic carbocycles. The van der Waals surface area contributed by atoms with Crippen LogP contribution in [0.4, 0.5) is 0 Å². The van der Waals surface area contributed by atoms with Crippen molar-refractivity contribution in [1.82, 2.24) is 5.32 Å². The van der Waals surface area contributed by atoms with E-state index in [0.29, 0.717) is 24.6 Å². The van der Waals surface area contributed by atoms with Crippen LogP contribution in [-0.2, 0) is 13.1 Å². The molecule has 0 heterocycles. The molecule has 0 amide bonds. The Bertz CT molecular complexity index is 603. The molecule has 0 aliphatic heterocycles. The van der Waals surface area contributed by atoms with Crippen LogP contribution in [0.2, 0.25) is 0 Å². The molecule has 0 aromatic heterocycles. The molecule has 5 nitrogen and oxygen atoms in total. The second-order valence-corrected chi connectivity index (χ2v) is 4.76. The molecule has 0 bridgehead atoms. The van der Waals surface area contributed by atoms with Crippen LogP contribution in [0.25, 0.3) is 0 Å². The van der Waals surface area contributed by atoms with E-state index in [1.165, 1.54) is 14.2 Å². The van der Waals surface area contributed by atoms with Gasteiger partial charge in [-0.1, -0.05) is 18.2 Å². The SMILES string of the molecule is COc1ccccc1CNCc1cc(OC)c(O)c(OC)c1. The average Bonchev–Trinajstić information content (AvgIpc) is 2.56. The van der Waals surface area contributed by atoms with Gasteiger partial charge in [-0.2, -0.15) is 0 Å². The van der Waals surface area contributed by atoms with Crippen LogP contribution >= 0.6 is 0 Å². The van der Waals surface area contributed by atoms with Gasteiger partial charge in [0.05, 0.1) is 21.3 Å². The zero-order valence-corrected chi connectivity index (χ0v) is 13.1. The van der Waals surface area contributed by atoms with Gasteiger partial charge in [-0.15, -0.1) is 0 Å². The maximum absolute atomic E-state index is 9.90. The lowest BCUT2D eigenvalue weighted by Crippen LogP contribution is -2.13. The third-order valence-electron chi connectivity index (χ3n) is 3.38. The summed E-state index contributed by atoms with van der Waals surface area (Å²) in [6.07, 6.45) is 0. The van der Waals surface area contributed by atoms with Crippen LogP contribution in [0.5, 0.6) is 23.0 Å². The van der Waals surface area contributed by atoms with Crippen molar-refractivity contribution in [3.05, 3.63) is 47.5 Å². The van der Waals surface area contributed by atoms with Gasteiger partial charge < -0.3 is 24.6 Å². The van der Waals surface area contributed by atoms with Crippen molar-refractivity contribution in [2.75, 3.05) is 21.3 Å². The summed E-state index contributed by atoms with van der Waals surface area (Å²) in [5.41, 5.74) is 2.05. The van der Waals surface area contributed by atoms with E-state index in [1.54, 1.807) is 19.2 Å². The number of rotatable bonds is 7. The van der Waals surface area contributed by atoms with Gasteiger partial charge in [-0.25, -0.2) is 0 Å². The second kappa shape index (κ2) is 7.56. The standard InChI is InChI=1S/C17H21NO4/c1-20-14-7-5-4-6-13(14)11-18-10-12-8-15(21-2)17(19)16(9-12)22-3/h4-9,18-19H,10-11H2,1-3H3. The highest BCUT2D eigenvalue weighted by Crippen LogP contribution is 2.37. The van der Waals surface area contributed by atoms with Crippen LogP contribution in [0.15, 0.2) is 36.4 Å². The number of phenolic OH excluding ortho intramolecular Hbond substituents is 1. The number of hydrogen-bond acceptors (Lipinski definition) is 5. The zero-order valence-electron chi connectivity index (χ0n) is 13.1. The molecule has 0 aliphatic carbocycles. The first-order chi connectivity index (χ1) is 10.7. The van der Waals surface area contributed by atoms with Gasteiger partial charge in [0, 0.05) is 18.7 Å². The molecule has 0 saturated heterocycles. The molecule has 0 spiro atoms. The summed E-state index contributed by atoms with van der Waals surface area (Å²) in [4.78, 5) is 0. The smallest absolute Gasteiger partial charge is 0.200 e. The number of para-hydroxylation sites is 1. The fraction of sp³-hybridized carbons (Fsp3) is 0.294. The van der Waals surface area contributed by atoms with Crippen molar-refractivity contribution >= 4 is 0 Å². The van der Waals surface area contributed by atoms with Gasteiger partial charge in [0.15, 0.2) is 11.5 Å². The predicted molar refractivity (Wildman–Crippen MR) is 84.7 cm³/mol. The summed E-state index contributed by atoms with van der Waals surface area (Å²) in [6.45, 7) is 1.29. The second-order valence-electron chi connectivity index (χ2n) is 4.76. The number of nitrogens with one attached hydrogen (secondary N) is 1. The molecule has 0 atom stereocenters. The Morgan fingerprint density at radius 1 is 0.864 bits per heavy atom. The highest BCUT2D eigenvalue weighted by atomic mass is 16.5. The summed E-state index contributed by atoms with van der Waals surface area (Å²) in [6, 6.07) is 11.4. The number of benzene rings is 2. The number of phenols is 1. The Morgan fingerprint density at radius 3 is 2.05 bits per heavy atom. The molecule has 5 heteroatoms. The highest BCUT2D eigenvalue weighted by Gasteiger charge is 2.11. The van der Waals surface area contributed by atoms with E-state index < -0.39 is 0 Å². The zero-order chi connectivity index (χ0) is 15.9. The molecule has 2 rings (SSSR count). The van der Waals surface area contributed by atoms with Crippen molar-refractivity contribution in [2.24, 2.45) is 0 Å². The van der Waals surface area contributed by atoms with Gasteiger partial charge >= 0.3 is 0 Å². The van der Waals surface area contributed by atoms with Gasteiger partial charge in [0.1, 0.15) is 5.75 Å². The van der Waals surface area contributed by atoms with Crippen LogP contribution in [0.1, 0.15) is 11.1 Å². The normalized spacial score (nSPS) is 10.3. The van der Waals surface area contributed by atoms with Crippen LogP contribution in [0, 0.1) is 0 Å². The molecule has 0 radical (unpaired) electrons.